The van der Waals surface area contributed by atoms with Crippen LogP contribution in [-0.4, -0.2) is 15.1 Å². The predicted octanol–water partition coefficient (Wildman–Crippen LogP) is 5.36. The van der Waals surface area contributed by atoms with Gasteiger partial charge in [-0.25, -0.2) is 0 Å². The van der Waals surface area contributed by atoms with E-state index < -0.39 is 16.7 Å². The third kappa shape index (κ3) is 4.82. The fourth-order valence-corrected chi connectivity index (χ4v) is 3.06. The van der Waals surface area contributed by atoms with Crippen molar-refractivity contribution in [2.24, 2.45) is 0 Å². The molecular weight excluding hydrogens is 379 g/mol. The molecule has 0 unspecified atom stereocenters. The molecule has 2 aromatic carbocycles. The van der Waals surface area contributed by atoms with Gasteiger partial charge < -0.3 is 0 Å². The largest absolute Gasteiger partial charge is 0.416 e. The molecule has 1 aromatic heterocycles. The minimum absolute atomic E-state index is 0.0139. The Morgan fingerprint density at radius 3 is 2.33 bits per heavy atom. The molecule has 0 spiro atoms. The van der Waals surface area contributed by atoms with Gasteiger partial charge in [0.05, 0.1) is 16.2 Å². The van der Waals surface area contributed by atoms with Gasteiger partial charge >= 0.3 is 6.18 Å². The first kappa shape index (κ1) is 18.8. The highest BCUT2D eigenvalue weighted by Crippen LogP contribution is 2.31. The third-order valence-corrected chi connectivity index (χ3v) is 4.65. The number of thioether (sulfide) groups is 1. The molecule has 0 bridgehead atoms. The average molecular weight is 391 g/mol. The molecule has 27 heavy (non-hydrogen) atoms. The summed E-state index contributed by atoms with van der Waals surface area (Å²) < 4.78 is 38.2. The Balaban J connectivity index is 1.67. The van der Waals surface area contributed by atoms with Crippen LogP contribution in [0.4, 0.5) is 18.9 Å². The van der Waals surface area contributed by atoms with Gasteiger partial charge in [0.15, 0.2) is 0 Å². The summed E-state index contributed by atoms with van der Waals surface area (Å²) in [7, 11) is 0. The second-order valence-corrected chi connectivity index (χ2v) is 6.54. The summed E-state index contributed by atoms with van der Waals surface area (Å²) >= 11 is 1.27. The van der Waals surface area contributed by atoms with Crippen LogP contribution in [0.15, 0.2) is 65.7 Å². The highest BCUT2D eigenvalue weighted by atomic mass is 32.2. The molecule has 5 nitrogen and oxygen atoms in total. The Kier molecular flexibility index (Phi) is 5.41. The number of nitro benzene ring substituents is 1. The minimum Gasteiger partial charge on any atom is -0.258 e. The number of hydrogen-bond acceptors (Lipinski definition) is 5. The number of nitro groups is 1. The first-order chi connectivity index (χ1) is 12.8. The van der Waals surface area contributed by atoms with Crippen molar-refractivity contribution in [3.05, 3.63) is 81.9 Å². The Morgan fingerprint density at radius 2 is 1.74 bits per heavy atom. The van der Waals surface area contributed by atoms with Crippen molar-refractivity contribution in [2.45, 2.75) is 17.0 Å². The second-order valence-electron chi connectivity index (χ2n) is 5.55. The number of non-ortho nitro benzene ring substituents is 1. The van der Waals surface area contributed by atoms with Crippen molar-refractivity contribution < 1.29 is 18.1 Å². The number of hydrogen-bond donors (Lipinski definition) is 0. The van der Waals surface area contributed by atoms with E-state index in [1.165, 1.54) is 30.0 Å². The number of nitrogens with zero attached hydrogens (tertiary/aromatic N) is 3. The summed E-state index contributed by atoms with van der Waals surface area (Å²) in [6.45, 7) is 0. The number of benzene rings is 2. The maximum absolute atomic E-state index is 12.7. The summed E-state index contributed by atoms with van der Waals surface area (Å²) in [5.74, 6) is 0.329. The Morgan fingerprint density at radius 1 is 1.00 bits per heavy atom. The SMILES string of the molecule is O=[N+]([O-])c1ccc(-c2ccc(SCc3cccc(C(F)(F)F)c3)nn2)cc1. The molecule has 9 heteroatoms. The molecule has 0 saturated heterocycles. The van der Waals surface area contributed by atoms with Crippen molar-refractivity contribution in [2.75, 3.05) is 0 Å². The van der Waals surface area contributed by atoms with Crippen LogP contribution in [-0.2, 0) is 11.9 Å². The first-order valence-electron chi connectivity index (χ1n) is 7.70. The van der Waals surface area contributed by atoms with E-state index in [2.05, 4.69) is 10.2 Å². The van der Waals surface area contributed by atoms with Gasteiger partial charge in [0, 0.05) is 23.4 Å². The van der Waals surface area contributed by atoms with Crippen LogP contribution < -0.4 is 0 Å². The maximum Gasteiger partial charge on any atom is 0.416 e. The quantitative estimate of drug-likeness (QED) is 0.333. The summed E-state index contributed by atoms with van der Waals surface area (Å²) in [6.07, 6.45) is -4.37. The highest BCUT2D eigenvalue weighted by Gasteiger charge is 2.30. The highest BCUT2D eigenvalue weighted by molar-refractivity contribution is 7.98. The van der Waals surface area contributed by atoms with E-state index >= 15 is 0 Å². The van der Waals surface area contributed by atoms with Gasteiger partial charge in [-0.1, -0.05) is 30.0 Å². The van der Waals surface area contributed by atoms with Crippen LogP contribution in [0.5, 0.6) is 0 Å². The van der Waals surface area contributed by atoms with Gasteiger partial charge in [-0.3, -0.25) is 10.1 Å². The zero-order chi connectivity index (χ0) is 19.4. The lowest BCUT2D eigenvalue weighted by Gasteiger charge is -2.08. The van der Waals surface area contributed by atoms with E-state index in [1.54, 1.807) is 30.3 Å². The Hall–Kier alpha value is -2.94. The van der Waals surface area contributed by atoms with E-state index in [0.29, 0.717) is 27.6 Å². The summed E-state index contributed by atoms with van der Waals surface area (Å²) in [5, 5.41) is 19.4. The van der Waals surface area contributed by atoms with Gasteiger partial charge in [-0.05, 0) is 35.9 Å². The zero-order valence-electron chi connectivity index (χ0n) is 13.7. The lowest BCUT2D eigenvalue weighted by molar-refractivity contribution is -0.384. The fraction of sp³-hybridized carbons (Fsp3) is 0.111. The van der Waals surface area contributed by atoms with Gasteiger partial charge in [-0.2, -0.15) is 13.2 Å². The first-order valence-corrected chi connectivity index (χ1v) is 8.69. The molecule has 1 heterocycles. The summed E-state index contributed by atoms with van der Waals surface area (Å²) in [6, 6.07) is 14.5. The molecule has 3 aromatic rings. The molecule has 0 aliphatic carbocycles. The number of halogens is 3. The van der Waals surface area contributed by atoms with Crippen LogP contribution in [0, 0.1) is 10.1 Å². The van der Waals surface area contributed by atoms with Crippen LogP contribution in [0.1, 0.15) is 11.1 Å². The van der Waals surface area contributed by atoms with Gasteiger partial charge in [0.2, 0.25) is 0 Å². The number of rotatable bonds is 5. The smallest absolute Gasteiger partial charge is 0.258 e. The van der Waals surface area contributed by atoms with E-state index in [-0.39, 0.29) is 5.69 Å². The Labute approximate surface area is 156 Å². The molecule has 0 saturated carbocycles. The minimum atomic E-state index is -4.37. The topological polar surface area (TPSA) is 68.9 Å². The molecule has 138 valence electrons. The van der Waals surface area contributed by atoms with Crippen LogP contribution >= 0.6 is 11.8 Å². The third-order valence-electron chi connectivity index (χ3n) is 3.65. The molecule has 0 radical (unpaired) electrons. The van der Waals surface area contributed by atoms with Crippen molar-refractivity contribution in [3.63, 3.8) is 0 Å². The standard InChI is InChI=1S/C18H12F3N3O2S/c19-18(20,21)14-3-1-2-12(10-14)11-27-17-9-8-16(22-23-17)13-4-6-15(7-5-13)24(25)26/h1-10H,11H2. The fourth-order valence-electron chi connectivity index (χ4n) is 2.30. The molecule has 0 fully saturated rings. The zero-order valence-corrected chi connectivity index (χ0v) is 14.5. The molecule has 0 atom stereocenters. The van der Waals surface area contributed by atoms with Crippen molar-refractivity contribution in [1.29, 1.82) is 0 Å². The van der Waals surface area contributed by atoms with Crippen molar-refractivity contribution in [1.82, 2.24) is 10.2 Å². The molecule has 0 aliphatic heterocycles. The molecule has 0 aliphatic rings. The normalized spacial score (nSPS) is 11.4. The van der Waals surface area contributed by atoms with Crippen molar-refractivity contribution in [3.8, 4) is 11.3 Å². The van der Waals surface area contributed by atoms with Gasteiger partial charge in [0.25, 0.3) is 5.69 Å². The second kappa shape index (κ2) is 7.75. The maximum atomic E-state index is 12.7. The molecule has 3 rings (SSSR count). The molecular formula is C18H12F3N3O2S. The lowest BCUT2D eigenvalue weighted by atomic mass is 10.1. The Bertz CT molecular complexity index is 945. The summed E-state index contributed by atoms with van der Waals surface area (Å²) in [4.78, 5) is 10.2. The molecule has 0 N–H and O–H groups in total. The average Bonchev–Trinajstić information content (AvgIpc) is 2.66. The van der Waals surface area contributed by atoms with Gasteiger partial charge in [-0.15, -0.1) is 10.2 Å². The van der Waals surface area contributed by atoms with Crippen LogP contribution in [0.25, 0.3) is 11.3 Å². The van der Waals surface area contributed by atoms with E-state index in [1.807, 2.05) is 0 Å². The van der Waals surface area contributed by atoms with E-state index in [4.69, 9.17) is 0 Å². The number of alkyl halides is 3. The lowest BCUT2D eigenvalue weighted by Crippen LogP contribution is -2.04. The van der Waals surface area contributed by atoms with Gasteiger partial charge in [0.1, 0.15) is 5.03 Å². The van der Waals surface area contributed by atoms with Crippen LogP contribution in [0.3, 0.4) is 0 Å². The van der Waals surface area contributed by atoms with E-state index in [0.717, 1.165) is 12.1 Å². The number of aromatic nitrogens is 2. The summed E-state index contributed by atoms with van der Waals surface area (Å²) in [5.41, 5.74) is 1.08. The molecule has 0 amide bonds. The monoisotopic (exact) mass is 391 g/mol. The van der Waals surface area contributed by atoms with Crippen LogP contribution in [0.2, 0.25) is 0 Å². The van der Waals surface area contributed by atoms with Crippen molar-refractivity contribution >= 4 is 17.4 Å². The predicted molar refractivity (Wildman–Crippen MR) is 95.1 cm³/mol. The van der Waals surface area contributed by atoms with E-state index in [9.17, 15) is 23.3 Å².